The van der Waals surface area contributed by atoms with E-state index in [1.165, 1.54) is 110 Å². The minimum absolute atomic E-state index is 0.732. The van der Waals surface area contributed by atoms with Gasteiger partial charge in [-0.25, -0.2) is 0 Å². The smallest absolute Gasteiger partial charge is 0.100 e. The molecule has 8 aromatic carbocycles. The lowest BCUT2D eigenvalue weighted by Crippen LogP contribution is -2.10. The summed E-state index contributed by atoms with van der Waals surface area (Å²) in [6.07, 6.45) is 1.90. The molecule has 0 saturated heterocycles. The third kappa shape index (κ3) is 3.22. The molecule has 2 nitrogen and oxygen atoms in total. The molecular weight excluding hydrogens is 593 g/mol. The average Bonchev–Trinajstić information content (AvgIpc) is 3.91. The highest BCUT2D eigenvalue weighted by Crippen LogP contribution is 2.51. The maximum absolute atomic E-state index is 2.65. The third-order valence-corrected chi connectivity index (χ3v) is 11.6. The lowest BCUT2D eigenvalue weighted by atomic mass is 9.94. The van der Waals surface area contributed by atoms with Crippen LogP contribution in [0.3, 0.4) is 0 Å². The number of hydrogen-bond donors (Lipinski definition) is 0. The highest BCUT2D eigenvalue weighted by atomic mass is 15.2. The highest BCUT2D eigenvalue weighted by Gasteiger charge is 2.30. The molecule has 12 rings (SSSR count). The molecule has 0 fully saturated rings. The molecule has 0 atom stereocenters. The van der Waals surface area contributed by atoms with Crippen molar-refractivity contribution in [3.05, 3.63) is 168 Å². The summed E-state index contributed by atoms with van der Waals surface area (Å²) in [4.78, 5) is 0. The van der Waals surface area contributed by atoms with E-state index in [2.05, 4.69) is 155 Å². The zero-order valence-electron chi connectivity index (χ0n) is 26.9. The highest BCUT2D eigenvalue weighted by molar-refractivity contribution is 6.27. The van der Waals surface area contributed by atoms with Gasteiger partial charge in [0.2, 0.25) is 0 Å². The molecule has 0 N–H and O–H groups in total. The standard InChI is InChI=1S/C47H30N2/c1-3-15-30-28(13-1)25-38-42(30)32-17-5-7-19-34(32)44-36-21-9-11-23-40(36)48(46(38)44)27-49-41-24-12-10-22-37(41)45-35-20-8-6-18-33(35)43-31-16-4-2-14-29(31)26-39(43)47(45)49/h1-24H,25-27H2. The Kier molecular flexibility index (Phi) is 4.90. The second-order valence-corrected chi connectivity index (χ2v) is 13.9. The van der Waals surface area contributed by atoms with Crippen molar-refractivity contribution in [3.8, 4) is 22.3 Å². The molecule has 2 heteroatoms. The van der Waals surface area contributed by atoms with Crippen LogP contribution in [-0.4, -0.2) is 9.13 Å². The van der Waals surface area contributed by atoms with Crippen LogP contribution in [0.15, 0.2) is 146 Å². The molecule has 0 amide bonds. The van der Waals surface area contributed by atoms with Crippen LogP contribution in [-0.2, 0) is 19.5 Å². The van der Waals surface area contributed by atoms with Crippen molar-refractivity contribution < 1.29 is 0 Å². The Labute approximate surface area is 283 Å². The van der Waals surface area contributed by atoms with Crippen LogP contribution >= 0.6 is 0 Å². The summed E-state index contributed by atoms with van der Waals surface area (Å²) in [5.74, 6) is 0. The van der Waals surface area contributed by atoms with Gasteiger partial charge in [0.25, 0.3) is 0 Å². The second-order valence-electron chi connectivity index (χ2n) is 13.9. The fraction of sp³-hybridized carbons (Fsp3) is 0.0638. The predicted molar refractivity (Wildman–Crippen MR) is 206 cm³/mol. The van der Waals surface area contributed by atoms with Crippen molar-refractivity contribution >= 4 is 65.2 Å². The van der Waals surface area contributed by atoms with Crippen LogP contribution in [0.25, 0.3) is 87.4 Å². The van der Waals surface area contributed by atoms with Crippen LogP contribution in [0.2, 0.25) is 0 Å². The first-order chi connectivity index (χ1) is 24.3. The summed E-state index contributed by atoms with van der Waals surface area (Å²) in [6, 6.07) is 54.4. The van der Waals surface area contributed by atoms with Gasteiger partial charge in [-0.05, 0) is 78.2 Å². The van der Waals surface area contributed by atoms with Crippen LogP contribution in [0.5, 0.6) is 0 Å². The topological polar surface area (TPSA) is 9.86 Å². The van der Waals surface area contributed by atoms with Crippen molar-refractivity contribution in [3.63, 3.8) is 0 Å². The van der Waals surface area contributed by atoms with E-state index in [-0.39, 0.29) is 0 Å². The summed E-state index contributed by atoms with van der Waals surface area (Å²) in [5, 5.41) is 10.8. The Balaban J connectivity index is 1.25. The van der Waals surface area contributed by atoms with E-state index in [0.29, 0.717) is 0 Å². The van der Waals surface area contributed by atoms with Gasteiger partial charge in [0, 0.05) is 34.4 Å². The number of fused-ring (bicyclic) bond motifs is 20. The molecule has 0 unspecified atom stereocenters. The van der Waals surface area contributed by atoms with Crippen molar-refractivity contribution in [2.24, 2.45) is 0 Å². The van der Waals surface area contributed by atoms with Crippen molar-refractivity contribution in [2.45, 2.75) is 19.5 Å². The van der Waals surface area contributed by atoms with Crippen LogP contribution in [0, 0.1) is 0 Å². The Morgan fingerprint density at radius 1 is 0.367 bits per heavy atom. The van der Waals surface area contributed by atoms with E-state index in [4.69, 9.17) is 0 Å². The molecule has 49 heavy (non-hydrogen) atoms. The van der Waals surface area contributed by atoms with Gasteiger partial charge in [0.1, 0.15) is 6.67 Å². The summed E-state index contributed by atoms with van der Waals surface area (Å²) < 4.78 is 5.30. The molecule has 2 aromatic heterocycles. The predicted octanol–water partition coefficient (Wildman–Crippen LogP) is 11.9. The van der Waals surface area contributed by atoms with Gasteiger partial charge in [-0.1, -0.05) is 133 Å². The SMILES string of the molecule is c1ccc2c(c1)Cc1c-2c2ccccc2c2c3ccccc3n(Cn3c4ccccc4c4c5ccccc5c5c(c43)Cc3ccccc3-5)c12. The summed E-state index contributed by atoms with van der Waals surface area (Å²) >= 11 is 0. The van der Waals surface area contributed by atoms with E-state index >= 15 is 0 Å². The molecule has 228 valence electrons. The number of nitrogens with zero attached hydrogens (tertiary/aromatic N) is 2. The van der Waals surface area contributed by atoms with Gasteiger partial charge < -0.3 is 9.13 Å². The molecule has 0 saturated carbocycles. The van der Waals surface area contributed by atoms with Crippen LogP contribution < -0.4 is 0 Å². The van der Waals surface area contributed by atoms with Crippen LogP contribution in [0.4, 0.5) is 0 Å². The van der Waals surface area contributed by atoms with Gasteiger partial charge in [0.15, 0.2) is 0 Å². The average molecular weight is 623 g/mol. The molecular formula is C47H30N2. The molecule has 0 radical (unpaired) electrons. The summed E-state index contributed by atoms with van der Waals surface area (Å²) in [5.41, 5.74) is 16.7. The number of benzene rings is 8. The number of para-hydroxylation sites is 2. The van der Waals surface area contributed by atoms with Crippen LogP contribution in [0.1, 0.15) is 22.3 Å². The third-order valence-electron chi connectivity index (χ3n) is 11.6. The normalized spacial score (nSPS) is 13.2. The lowest BCUT2D eigenvalue weighted by molar-refractivity contribution is 0.680. The molecule has 0 spiro atoms. The lowest BCUT2D eigenvalue weighted by Gasteiger charge is -2.17. The molecule has 2 heterocycles. The quantitative estimate of drug-likeness (QED) is 0.182. The zero-order valence-corrected chi connectivity index (χ0v) is 26.9. The Bertz CT molecular complexity index is 2870. The monoisotopic (exact) mass is 622 g/mol. The van der Waals surface area contributed by atoms with Gasteiger partial charge in [-0.3, -0.25) is 0 Å². The fourth-order valence-corrected chi connectivity index (χ4v) is 9.79. The second kappa shape index (κ2) is 9.27. The first-order valence-corrected chi connectivity index (χ1v) is 17.4. The molecule has 0 aliphatic heterocycles. The van der Waals surface area contributed by atoms with E-state index < -0.39 is 0 Å². The Morgan fingerprint density at radius 2 is 0.735 bits per heavy atom. The van der Waals surface area contributed by atoms with E-state index in [9.17, 15) is 0 Å². The number of rotatable bonds is 2. The zero-order chi connectivity index (χ0) is 31.8. The van der Waals surface area contributed by atoms with Crippen molar-refractivity contribution in [2.75, 3.05) is 0 Å². The molecule has 2 aliphatic rings. The Morgan fingerprint density at radius 3 is 1.20 bits per heavy atom. The fourth-order valence-electron chi connectivity index (χ4n) is 9.79. The first kappa shape index (κ1) is 25.9. The molecule has 0 bridgehead atoms. The summed E-state index contributed by atoms with van der Waals surface area (Å²) in [6.45, 7) is 0.732. The van der Waals surface area contributed by atoms with Gasteiger partial charge in [-0.15, -0.1) is 0 Å². The maximum atomic E-state index is 2.65. The summed E-state index contributed by atoms with van der Waals surface area (Å²) in [7, 11) is 0. The minimum atomic E-state index is 0.732. The van der Waals surface area contributed by atoms with E-state index in [0.717, 1.165) is 19.5 Å². The van der Waals surface area contributed by atoms with Gasteiger partial charge in [0.05, 0.1) is 22.1 Å². The maximum Gasteiger partial charge on any atom is 0.100 e. The first-order valence-electron chi connectivity index (χ1n) is 17.4. The Hall–Kier alpha value is -6.12. The minimum Gasteiger partial charge on any atom is -0.321 e. The van der Waals surface area contributed by atoms with Crippen molar-refractivity contribution in [1.82, 2.24) is 9.13 Å². The van der Waals surface area contributed by atoms with Gasteiger partial charge in [-0.2, -0.15) is 0 Å². The molecule has 2 aliphatic carbocycles. The van der Waals surface area contributed by atoms with Gasteiger partial charge >= 0.3 is 0 Å². The van der Waals surface area contributed by atoms with Crippen molar-refractivity contribution in [1.29, 1.82) is 0 Å². The van der Waals surface area contributed by atoms with E-state index in [1.54, 1.807) is 0 Å². The van der Waals surface area contributed by atoms with E-state index in [1.807, 2.05) is 0 Å². The molecule has 10 aromatic rings. The largest absolute Gasteiger partial charge is 0.321 e. The number of aromatic nitrogens is 2. The number of hydrogen-bond acceptors (Lipinski definition) is 0.